The van der Waals surface area contributed by atoms with Crippen LogP contribution in [0.3, 0.4) is 0 Å². The van der Waals surface area contributed by atoms with Crippen LogP contribution in [-0.4, -0.2) is 30.6 Å². The van der Waals surface area contributed by atoms with Crippen LogP contribution in [0, 0.1) is 11.8 Å². The Morgan fingerprint density at radius 2 is 2.10 bits per heavy atom. The number of hydrogen-bond acceptors (Lipinski definition) is 5. The summed E-state index contributed by atoms with van der Waals surface area (Å²) in [4.78, 5) is 20.6. The summed E-state index contributed by atoms with van der Waals surface area (Å²) in [5, 5.41) is 1.14. The maximum atomic E-state index is 12.0. The molecule has 3 atom stereocenters. The summed E-state index contributed by atoms with van der Waals surface area (Å²) >= 11 is 1.80. The maximum absolute atomic E-state index is 12.0. The normalized spacial score (nSPS) is 30.5. The number of hydrogen-bond donors (Lipinski definition) is 0. The molecule has 0 radical (unpaired) electrons. The molecule has 1 saturated heterocycles. The van der Waals surface area contributed by atoms with E-state index in [4.69, 9.17) is 9.72 Å². The van der Waals surface area contributed by atoms with E-state index in [2.05, 4.69) is 4.90 Å². The zero-order valence-electron chi connectivity index (χ0n) is 12.5. The molecule has 0 bridgehead atoms. The molecule has 2 aliphatic carbocycles. The number of aromatic nitrogens is 1. The van der Waals surface area contributed by atoms with Gasteiger partial charge in [0.05, 0.1) is 12.3 Å². The van der Waals surface area contributed by atoms with Crippen molar-refractivity contribution in [2.45, 2.75) is 44.9 Å². The van der Waals surface area contributed by atoms with E-state index in [1.54, 1.807) is 11.3 Å². The van der Waals surface area contributed by atoms with Gasteiger partial charge >= 0.3 is 5.97 Å². The van der Waals surface area contributed by atoms with Crippen LogP contribution in [0.2, 0.25) is 0 Å². The van der Waals surface area contributed by atoms with Gasteiger partial charge in [0.1, 0.15) is 5.92 Å². The van der Waals surface area contributed by atoms with Gasteiger partial charge in [-0.25, -0.2) is 4.98 Å². The summed E-state index contributed by atoms with van der Waals surface area (Å²) in [5.74, 6) is 1.55. The molecule has 0 N–H and O–H groups in total. The van der Waals surface area contributed by atoms with Crippen molar-refractivity contribution in [3.63, 3.8) is 0 Å². The lowest BCUT2D eigenvalue weighted by Crippen LogP contribution is -2.21. The lowest BCUT2D eigenvalue weighted by Gasteiger charge is -2.16. The minimum atomic E-state index is -0.118. The molecular weight excluding hydrogens is 284 g/mol. The fourth-order valence-electron chi connectivity index (χ4n) is 4.21. The van der Waals surface area contributed by atoms with E-state index in [0.717, 1.165) is 35.5 Å². The van der Waals surface area contributed by atoms with Crippen LogP contribution >= 0.6 is 11.3 Å². The van der Waals surface area contributed by atoms with E-state index in [1.807, 2.05) is 6.92 Å². The van der Waals surface area contributed by atoms with E-state index >= 15 is 0 Å². The second-order valence-electron chi connectivity index (χ2n) is 6.50. The molecule has 114 valence electrons. The Morgan fingerprint density at radius 3 is 2.81 bits per heavy atom. The lowest BCUT2D eigenvalue weighted by molar-refractivity contribution is -0.145. The molecule has 0 amide bonds. The van der Waals surface area contributed by atoms with Crippen LogP contribution in [0.5, 0.6) is 0 Å². The first-order chi connectivity index (χ1) is 10.3. The molecule has 3 unspecified atom stereocenters. The Labute approximate surface area is 129 Å². The molecule has 1 saturated carbocycles. The summed E-state index contributed by atoms with van der Waals surface area (Å²) in [7, 11) is 0. The monoisotopic (exact) mass is 306 g/mol. The second-order valence-corrected chi connectivity index (χ2v) is 7.57. The Hall–Kier alpha value is -1.10. The van der Waals surface area contributed by atoms with Gasteiger partial charge in [0.2, 0.25) is 0 Å². The molecule has 4 nitrogen and oxygen atoms in total. The molecule has 4 rings (SSSR count). The molecular formula is C16H22N2O2S. The summed E-state index contributed by atoms with van der Waals surface area (Å²) < 4.78 is 5.19. The summed E-state index contributed by atoms with van der Waals surface area (Å²) in [6.45, 7) is 4.66. The minimum absolute atomic E-state index is 0.0913. The molecule has 1 aliphatic heterocycles. The second kappa shape index (κ2) is 5.27. The third kappa shape index (κ3) is 2.26. The number of carbonyl (C=O) groups excluding carboxylic acids is 1. The SMILES string of the molecule is CCOC(=O)C1CCc2sc(N3CC4CCCC4C3)nc21. The van der Waals surface area contributed by atoms with Crippen molar-refractivity contribution in [3.05, 3.63) is 10.6 Å². The number of carbonyl (C=O) groups is 1. The molecule has 0 aromatic carbocycles. The van der Waals surface area contributed by atoms with Crippen molar-refractivity contribution >= 4 is 22.4 Å². The average molecular weight is 306 g/mol. The highest BCUT2D eigenvalue weighted by atomic mass is 32.1. The van der Waals surface area contributed by atoms with Crippen LogP contribution < -0.4 is 4.90 Å². The van der Waals surface area contributed by atoms with E-state index in [1.165, 1.54) is 37.2 Å². The lowest BCUT2D eigenvalue weighted by atomic mass is 10.0. The van der Waals surface area contributed by atoms with Crippen LogP contribution in [0.1, 0.15) is 49.1 Å². The zero-order chi connectivity index (χ0) is 14.4. The molecule has 5 heteroatoms. The molecule has 2 heterocycles. The van der Waals surface area contributed by atoms with Crippen LogP contribution in [0.15, 0.2) is 0 Å². The van der Waals surface area contributed by atoms with Gasteiger partial charge in [0, 0.05) is 18.0 Å². The van der Waals surface area contributed by atoms with E-state index in [9.17, 15) is 4.79 Å². The average Bonchev–Trinajstić information content (AvgIpc) is 3.16. The van der Waals surface area contributed by atoms with Crippen molar-refractivity contribution in [2.24, 2.45) is 11.8 Å². The summed E-state index contributed by atoms with van der Waals surface area (Å²) in [5.41, 5.74) is 1.01. The summed E-state index contributed by atoms with van der Waals surface area (Å²) in [6.07, 6.45) is 6.04. The quantitative estimate of drug-likeness (QED) is 0.805. The number of anilines is 1. The molecule has 21 heavy (non-hydrogen) atoms. The predicted molar refractivity (Wildman–Crippen MR) is 82.9 cm³/mol. The Bertz CT molecular complexity index is 544. The van der Waals surface area contributed by atoms with Gasteiger partial charge in [-0.15, -0.1) is 11.3 Å². The van der Waals surface area contributed by atoms with Gasteiger partial charge in [-0.2, -0.15) is 0 Å². The van der Waals surface area contributed by atoms with Crippen molar-refractivity contribution in [2.75, 3.05) is 24.6 Å². The largest absolute Gasteiger partial charge is 0.465 e. The molecule has 2 fully saturated rings. The molecule has 3 aliphatic rings. The first-order valence-corrected chi connectivity index (χ1v) is 8.99. The van der Waals surface area contributed by atoms with Crippen molar-refractivity contribution in [1.82, 2.24) is 4.98 Å². The number of fused-ring (bicyclic) bond motifs is 2. The number of ether oxygens (including phenoxy) is 1. The minimum Gasteiger partial charge on any atom is -0.465 e. The third-order valence-corrected chi connectivity index (χ3v) is 6.47. The highest BCUT2D eigenvalue weighted by molar-refractivity contribution is 7.15. The third-order valence-electron chi connectivity index (χ3n) is 5.27. The van der Waals surface area contributed by atoms with Crippen molar-refractivity contribution in [1.29, 1.82) is 0 Å². The Morgan fingerprint density at radius 1 is 1.33 bits per heavy atom. The van der Waals surface area contributed by atoms with Gasteiger partial charge in [0.25, 0.3) is 0 Å². The molecule has 0 spiro atoms. The predicted octanol–water partition coefficient (Wildman–Crippen LogP) is 2.97. The van der Waals surface area contributed by atoms with Gasteiger partial charge in [0.15, 0.2) is 5.13 Å². The van der Waals surface area contributed by atoms with Crippen LogP contribution in [-0.2, 0) is 16.0 Å². The number of nitrogens with zero attached hydrogens (tertiary/aromatic N) is 2. The highest BCUT2D eigenvalue weighted by Crippen LogP contribution is 2.44. The van der Waals surface area contributed by atoms with Crippen LogP contribution in [0.25, 0.3) is 0 Å². The standard InChI is InChI=1S/C16H22N2O2S/c1-2-20-15(19)12-6-7-13-14(12)17-16(21-13)18-8-10-4-3-5-11(10)9-18/h10-12H,2-9H2,1H3. The van der Waals surface area contributed by atoms with Crippen molar-refractivity contribution < 1.29 is 9.53 Å². The van der Waals surface area contributed by atoms with Crippen LogP contribution in [0.4, 0.5) is 5.13 Å². The zero-order valence-corrected chi connectivity index (χ0v) is 13.3. The van der Waals surface area contributed by atoms with E-state index in [0.29, 0.717) is 6.61 Å². The fraction of sp³-hybridized carbons (Fsp3) is 0.750. The number of rotatable bonds is 3. The molecule has 1 aromatic rings. The number of esters is 1. The maximum Gasteiger partial charge on any atom is 0.315 e. The smallest absolute Gasteiger partial charge is 0.315 e. The summed E-state index contributed by atoms with van der Waals surface area (Å²) in [6, 6.07) is 0. The van der Waals surface area contributed by atoms with Gasteiger partial charge in [-0.1, -0.05) is 6.42 Å². The van der Waals surface area contributed by atoms with E-state index in [-0.39, 0.29) is 11.9 Å². The number of thiazole rings is 1. The van der Waals surface area contributed by atoms with Gasteiger partial charge < -0.3 is 9.64 Å². The highest BCUT2D eigenvalue weighted by Gasteiger charge is 2.39. The first-order valence-electron chi connectivity index (χ1n) is 8.17. The number of aryl methyl sites for hydroxylation is 1. The van der Waals surface area contributed by atoms with Gasteiger partial charge in [-0.05, 0) is 44.4 Å². The van der Waals surface area contributed by atoms with Crippen molar-refractivity contribution in [3.8, 4) is 0 Å². The topological polar surface area (TPSA) is 42.4 Å². The van der Waals surface area contributed by atoms with E-state index < -0.39 is 0 Å². The fourth-order valence-corrected chi connectivity index (χ4v) is 5.37. The molecule has 1 aromatic heterocycles. The Balaban J connectivity index is 1.52. The Kier molecular flexibility index (Phi) is 3.40. The first kappa shape index (κ1) is 13.6. The van der Waals surface area contributed by atoms with Gasteiger partial charge in [-0.3, -0.25) is 4.79 Å².